The monoisotopic (exact) mass is 145 g/mol. The first kappa shape index (κ1) is 7.46. The lowest BCUT2D eigenvalue weighted by molar-refractivity contribution is 0.00568. The maximum atomic E-state index is 12.4. The fraction of sp³-hybridized carbons (Fsp3) is 0.857. The van der Waals surface area contributed by atoms with E-state index in [1.165, 1.54) is 0 Å². The minimum Gasteiger partial charge on any atom is -0.317 e. The third kappa shape index (κ3) is 1.66. The second-order valence-electron chi connectivity index (χ2n) is 2.81. The van der Waals surface area contributed by atoms with Crippen LogP contribution in [-0.2, 0) is 0 Å². The van der Waals surface area contributed by atoms with Gasteiger partial charge in [-0.2, -0.15) is 0 Å². The van der Waals surface area contributed by atoms with Crippen molar-refractivity contribution in [2.75, 3.05) is 6.54 Å². The fourth-order valence-corrected chi connectivity index (χ4v) is 1.33. The van der Waals surface area contributed by atoms with Crippen LogP contribution in [0.2, 0.25) is 0 Å². The first-order valence-electron chi connectivity index (χ1n) is 3.35. The van der Waals surface area contributed by atoms with Gasteiger partial charge in [0.25, 0.3) is 0 Å². The van der Waals surface area contributed by atoms with Crippen molar-refractivity contribution >= 4 is 0 Å². The molecule has 0 amide bonds. The third-order valence-corrected chi connectivity index (χ3v) is 1.86. The molecule has 1 saturated carbocycles. The maximum absolute atomic E-state index is 12.4. The molecule has 0 aromatic carbocycles. The van der Waals surface area contributed by atoms with Crippen molar-refractivity contribution in [2.24, 2.45) is 5.92 Å². The molecule has 1 nitrogen and oxygen atoms in total. The summed E-state index contributed by atoms with van der Waals surface area (Å²) in [6.07, 6.45) is 0.429. The average molecular weight is 145 g/mol. The van der Waals surface area contributed by atoms with Crippen LogP contribution >= 0.6 is 0 Å². The highest BCUT2D eigenvalue weighted by molar-refractivity contribution is 4.84. The second kappa shape index (κ2) is 2.53. The molecule has 1 aliphatic rings. The van der Waals surface area contributed by atoms with Gasteiger partial charge in [-0.3, -0.25) is 0 Å². The van der Waals surface area contributed by atoms with Gasteiger partial charge >= 0.3 is 0 Å². The van der Waals surface area contributed by atoms with Gasteiger partial charge < -0.3 is 4.85 Å². The lowest BCUT2D eigenvalue weighted by atomic mass is 10.1. The molecule has 0 bridgehead atoms. The molecule has 10 heavy (non-hydrogen) atoms. The van der Waals surface area contributed by atoms with Crippen LogP contribution in [-0.4, -0.2) is 12.5 Å². The summed E-state index contributed by atoms with van der Waals surface area (Å²) in [5, 5.41) is 0. The summed E-state index contributed by atoms with van der Waals surface area (Å²) in [6.45, 7) is 6.75. The Labute approximate surface area is 58.9 Å². The Kier molecular flexibility index (Phi) is 1.89. The van der Waals surface area contributed by atoms with E-state index < -0.39 is 5.92 Å². The first-order chi connectivity index (χ1) is 4.64. The van der Waals surface area contributed by atoms with Gasteiger partial charge in [-0.15, -0.1) is 0 Å². The van der Waals surface area contributed by atoms with E-state index >= 15 is 0 Å². The lowest BCUT2D eigenvalue weighted by Gasteiger charge is -2.05. The average Bonchev–Trinajstić information content (AvgIpc) is 2.12. The van der Waals surface area contributed by atoms with Gasteiger partial charge in [-0.1, -0.05) is 0 Å². The topological polar surface area (TPSA) is 4.36 Å². The van der Waals surface area contributed by atoms with Gasteiger partial charge in [0.05, 0.1) is 0 Å². The van der Waals surface area contributed by atoms with E-state index in [0.29, 0.717) is 6.42 Å². The molecule has 0 aliphatic heterocycles. The molecule has 1 fully saturated rings. The number of nitrogens with zero attached hydrogens (tertiary/aromatic N) is 1. The molecule has 1 unspecified atom stereocenters. The zero-order valence-corrected chi connectivity index (χ0v) is 5.61. The summed E-state index contributed by atoms with van der Waals surface area (Å²) in [4.78, 5) is 3.10. The Hall–Kier alpha value is -0.650. The Morgan fingerprint density at radius 3 is 2.70 bits per heavy atom. The summed E-state index contributed by atoms with van der Waals surface area (Å²) in [7, 11) is 0. The molecule has 0 aromatic rings. The summed E-state index contributed by atoms with van der Waals surface area (Å²) in [5.41, 5.74) is 0. The van der Waals surface area contributed by atoms with Crippen LogP contribution in [0.1, 0.15) is 19.3 Å². The van der Waals surface area contributed by atoms with Crippen molar-refractivity contribution in [3.05, 3.63) is 11.4 Å². The molecule has 1 atom stereocenters. The summed E-state index contributed by atoms with van der Waals surface area (Å²) < 4.78 is 24.8. The van der Waals surface area contributed by atoms with Crippen molar-refractivity contribution in [1.82, 2.24) is 0 Å². The predicted octanol–water partition coefficient (Wildman–Crippen LogP) is 2.34. The second-order valence-corrected chi connectivity index (χ2v) is 2.81. The molecule has 0 spiro atoms. The van der Waals surface area contributed by atoms with Gasteiger partial charge in [-0.25, -0.2) is 15.4 Å². The SMILES string of the molecule is [C-]#[N+]CC1CCC(F)(F)C1. The van der Waals surface area contributed by atoms with Crippen LogP contribution in [0.15, 0.2) is 0 Å². The summed E-state index contributed by atoms with van der Waals surface area (Å²) in [5.74, 6) is -2.53. The molecule has 56 valence electrons. The van der Waals surface area contributed by atoms with E-state index in [2.05, 4.69) is 4.85 Å². The van der Waals surface area contributed by atoms with Crippen LogP contribution < -0.4 is 0 Å². The van der Waals surface area contributed by atoms with Crippen molar-refractivity contribution in [3.63, 3.8) is 0 Å². The molecule has 1 rings (SSSR count). The number of alkyl halides is 2. The zero-order valence-electron chi connectivity index (χ0n) is 5.61. The Morgan fingerprint density at radius 2 is 2.30 bits per heavy atom. The fourth-order valence-electron chi connectivity index (χ4n) is 1.33. The number of hydrogen-bond acceptors (Lipinski definition) is 0. The van der Waals surface area contributed by atoms with Crippen LogP contribution in [0.5, 0.6) is 0 Å². The number of rotatable bonds is 1. The highest BCUT2D eigenvalue weighted by Gasteiger charge is 2.40. The minimum absolute atomic E-state index is 0.0206. The molecular weight excluding hydrogens is 136 g/mol. The van der Waals surface area contributed by atoms with Crippen LogP contribution in [0, 0.1) is 12.5 Å². The van der Waals surface area contributed by atoms with Crippen molar-refractivity contribution in [2.45, 2.75) is 25.2 Å². The zero-order chi connectivity index (χ0) is 7.61. The molecule has 0 aromatic heterocycles. The Balaban J connectivity index is 2.38. The van der Waals surface area contributed by atoms with E-state index in [0.717, 1.165) is 0 Å². The molecule has 3 heteroatoms. The maximum Gasteiger partial charge on any atom is 0.248 e. The molecular formula is C7H9F2N. The van der Waals surface area contributed by atoms with Crippen LogP contribution in [0.3, 0.4) is 0 Å². The molecule has 0 heterocycles. The smallest absolute Gasteiger partial charge is 0.248 e. The highest BCUT2D eigenvalue weighted by atomic mass is 19.3. The molecule has 1 aliphatic carbocycles. The first-order valence-corrected chi connectivity index (χ1v) is 3.35. The highest BCUT2D eigenvalue weighted by Crippen LogP contribution is 2.38. The van der Waals surface area contributed by atoms with Crippen LogP contribution in [0.4, 0.5) is 8.78 Å². The predicted molar refractivity (Wildman–Crippen MR) is 33.8 cm³/mol. The Bertz CT molecular complexity index is 159. The Morgan fingerprint density at radius 1 is 1.60 bits per heavy atom. The van der Waals surface area contributed by atoms with Gasteiger partial charge in [-0.05, 0) is 6.42 Å². The minimum atomic E-state index is -2.48. The van der Waals surface area contributed by atoms with E-state index in [-0.39, 0.29) is 25.3 Å². The van der Waals surface area contributed by atoms with Gasteiger partial charge in [0.1, 0.15) is 0 Å². The standard InChI is InChI=1S/C7H9F2N/c1-10-5-6-2-3-7(8,9)4-6/h6H,2-5H2. The van der Waals surface area contributed by atoms with Gasteiger partial charge in [0.15, 0.2) is 0 Å². The van der Waals surface area contributed by atoms with E-state index in [9.17, 15) is 8.78 Å². The quantitative estimate of drug-likeness (QED) is 0.499. The normalized spacial score (nSPS) is 29.9. The van der Waals surface area contributed by atoms with Crippen molar-refractivity contribution in [3.8, 4) is 0 Å². The van der Waals surface area contributed by atoms with Crippen LogP contribution in [0.25, 0.3) is 4.85 Å². The molecule has 0 saturated heterocycles. The summed E-state index contributed by atoms with van der Waals surface area (Å²) >= 11 is 0. The van der Waals surface area contributed by atoms with E-state index in [1.807, 2.05) is 0 Å². The van der Waals surface area contributed by atoms with E-state index in [1.54, 1.807) is 0 Å². The largest absolute Gasteiger partial charge is 0.317 e. The third-order valence-electron chi connectivity index (χ3n) is 1.86. The summed E-state index contributed by atoms with van der Waals surface area (Å²) in [6, 6.07) is 0. The van der Waals surface area contributed by atoms with Gasteiger partial charge in [0.2, 0.25) is 12.5 Å². The van der Waals surface area contributed by atoms with Crippen molar-refractivity contribution in [1.29, 1.82) is 0 Å². The molecule has 0 radical (unpaired) electrons. The van der Waals surface area contributed by atoms with E-state index in [4.69, 9.17) is 6.57 Å². The number of hydrogen-bond donors (Lipinski definition) is 0. The number of halogens is 2. The lowest BCUT2D eigenvalue weighted by Crippen LogP contribution is -2.10. The molecule has 0 N–H and O–H groups in total. The van der Waals surface area contributed by atoms with Gasteiger partial charge in [0, 0.05) is 18.8 Å². The van der Waals surface area contributed by atoms with Crippen molar-refractivity contribution < 1.29 is 8.78 Å².